The number of anilines is 2. The molecule has 1 amide bonds. The highest BCUT2D eigenvalue weighted by atomic mass is 19.1. The molecule has 0 spiro atoms. The summed E-state index contributed by atoms with van der Waals surface area (Å²) in [4.78, 5) is 16.8. The van der Waals surface area contributed by atoms with Crippen LogP contribution >= 0.6 is 0 Å². The topological polar surface area (TPSA) is 54.0 Å². The zero-order valence-electron chi connectivity index (χ0n) is 15.6. The van der Waals surface area contributed by atoms with E-state index >= 15 is 0 Å². The van der Waals surface area contributed by atoms with Gasteiger partial charge in [0.25, 0.3) is 5.91 Å². The number of hydrogen-bond donors (Lipinski definition) is 1. The largest absolute Gasteiger partial charge is 0.495 e. The lowest BCUT2D eigenvalue weighted by Gasteiger charge is -2.34. The minimum atomic E-state index is -0.350. The second-order valence-electron chi connectivity index (χ2n) is 6.47. The monoisotopic (exact) mass is 373 g/mol. The number of halogens is 1. The molecule has 2 aromatic rings. The van der Waals surface area contributed by atoms with Gasteiger partial charge >= 0.3 is 0 Å². The minimum absolute atomic E-state index is 0.173. The molecule has 1 aliphatic heterocycles. The van der Waals surface area contributed by atoms with E-state index < -0.39 is 0 Å². The van der Waals surface area contributed by atoms with Crippen molar-refractivity contribution in [1.82, 2.24) is 4.90 Å². The van der Waals surface area contributed by atoms with Gasteiger partial charge in [-0.3, -0.25) is 4.79 Å². The molecule has 0 radical (unpaired) electrons. The SMILES string of the molecule is COc1ccc(N2CCN(C)CC2)cc1NC(=O)COc1ccc(F)cc1. The zero-order valence-corrected chi connectivity index (χ0v) is 15.6. The molecule has 6 nitrogen and oxygen atoms in total. The van der Waals surface area contributed by atoms with Crippen molar-refractivity contribution in [2.24, 2.45) is 0 Å². The van der Waals surface area contributed by atoms with Gasteiger partial charge < -0.3 is 24.6 Å². The summed E-state index contributed by atoms with van der Waals surface area (Å²) in [6, 6.07) is 11.3. The van der Waals surface area contributed by atoms with Gasteiger partial charge in [-0.05, 0) is 49.5 Å². The van der Waals surface area contributed by atoms with E-state index in [1.54, 1.807) is 7.11 Å². The van der Waals surface area contributed by atoms with Gasteiger partial charge in [0.2, 0.25) is 0 Å². The number of nitrogens with one attached hydrogen (secondary N) is 1. The van der Waals surface area contributed by atoms with Gasteiger partial charge in [0.1, 0.15) is 17.3 Å². The van der Waals surface area contributed by atoms with Crippen molar-refractivity contribution in [2.45, 2.75) is 0 Å². The standard InChI is InChI=1S/C20H24FN3O3/c1-23-9-11-24(12-10-23)16-5-8-19(26-2)18(13-16)22-20(25)14-27-17-6-3-15(21)4-7-17/h3-8,13H,9-12,14H2,1-2H3,(H,22,25). The fraction of sp³-hybridized carbons (Fsp3) is 0.350. The Balaban J connectivity index is 1.64. The van der Waals surface area contributed by atoms with Crippen LogP contribution in [0.2, 0.25) is 0 Å². The molecule has 0 atom stereocenters. The van der Waals surface area contributed by atoms with Crippen LogP contribution < -0.4 is 19.7 Å². The van der Waals surface area contributed by atoms with Gasteiger partial charge in [0.15, 0.2) is 6.61 Å². The van der Waals surface area contributed by atoms with E-state index in [2.05, 4.69) is 22.2 Å². The van der Waals surface area contributed by atoms with E-state index in [-0.39, 0.29) is 18.3 Å². The molecule has 0 bridgehead atoms. The summed E-state index contributed by atoms with van der Waals surface area (Å²) in [6.07, 6.45) is 0. The van der Waals surface area contributed by atoms with Crippen LogP contribution in [-0.2, 0) is 4.79 Å². The molecule has 0 aliphatic carbocycles. The highest BCUT2D eigenvalue weighted by molar-refractivity contribution is 5.94. The third-order valence-electron chi connectivity index (χ3n) is 4.51. The molecule has 27 heavy (non-hydrogen) atoms. The first-order valence-electron chi connectivity index (χ1n) is 8.85. The number of carbonyl (C=O) groups excluding carboxylic acids is 1. The maximum absolute atomic E-state index is 12.9. The number of benzene rings is 2. The van der Waals surface area contributed by atoms with E-state index in [0.717, 1.165) is 31.9 Å². The Bertz CT molecular complexity index is 775. The Morgan fingerprint density at radius 2 is 1.81 bits per heavy atom. The van der Waals surface area contributed by atoms with Crippen molar-refractivity contribution in [3.05, 3.63) is 48.3 Å². The molecule has 1 N–H and O–H groups in total. The van der Waals surface area contributed by atoms with Crippen LogP contribution in [0.5, 0.6) is 11.5 Å². The average Bonchev–Trinajstić information content (AvgIpc) is 2.68. The summed E-state index contributed by atoms with van der Waals surface area (Å²) >= 11 is 0. The molecule has 1 fully saturated rings. The Morgan fingerprint density at radius 1 is 1.11 bits per heavy atom. The predicted molar refractivity (Wildman–Crippen MR) is 103 cm³/mol. The number of piperazine rings is 1. The molecule has 1 aliphatic rings. The lowest BCUT2D eigenvalue weighted by Crippen LogP contribution is -2.44. The van der Waals surface area contributed by atoms with E-state index in [1.165, 1.54) is 24.3 Å². The van der Waals surface area contributed by atoms with Crippen LogP contribution in [0.25, 0.3) is 0 Å². The number of amides is 1. The second kappa shape index (κ2) is 8.73. The van der Waals surface area contributed by atoms with Gasteiger partial charge in [-0.2, -0.15) is 0 Å². The third kappa shape index (κ3) is 5.10. The summed E-state index contributed by atoms with van der Waals surface area (Å²) in [5.74, 6) is 0.359. The van der Waals surface area contributed by atoms with E-state index in [4.69, 9.17) is 9.47 Å². The normalized spacial score (nSPS) is 14.7. The molecular formula is C20H24FN3O3. The summed E-state index contributed by atoms with van der Waals surface area (Å²) < 4.78 is 23.7. The fourth-order valence-corrected chi connectivity index (χ4v) is 2.92. The van der Waals surface area contributed by atoms with Gasteiger partial charge in [0.05, 0.1) is 12.8 Å². The first-order valence-corrected chi connectivity index (χ1v) is 8.85. The van der Waals surface area contributed by atoms with Crippen molar-refractivity contribution in [3.8, 4) is 11.5 Å². The second-order valence-corrected chi connectivity index (χ2v) is 6.47. The Hall–Kier alpha value is -2.80. The fourth-order valence-electron chi connectivity index (χ4n) is 2.92. The number of rotatable bonds is 6. The predicted octanol–water partition coefficient (Wildman–Crippen LogP) is 2.60. The summed E-state index contributed by atoms with van der Waals surface area (Å²) in [5, 5.41) is 2.83. The summed E-state index contributed by atoms with van der Waals surface area (Å²) in [7, 11) is 3.67. The van der Waals surface area contributed by atoms with Crippen LogP contribution in [0.1, 0.15) is 0 Å². The van der Waals surface area contributed by atoms with Crippen LogP contribution in [0.3, 0.4) is 0 Å². The van der Waals surface area contributed by atoms with Crippen molar-refractivity contribution < 1.29 is 18.7 Å². The molecule has 7 heteroatoms. The molecule has 2 aromatic carbocycles. The van der Waals surface area contributed by atoms with E-state index in [1.807, 2.05) is 18.2 Å². The van der Waals surface area contributed by atoms with Gasteiger partial charge in [-0.25, -0.2) is 4.39 Å². The number of likely N-dealkylation sites (N-methyl/N-ethyl adjacent to an activating group) is 1. The number of methoxy groups -OCH3 is 1. The minimum Gasteiger partial charge on any atom is -0.495 e. The van der Waals surface area contributed by atoms with Crippen LogP contribution in [0.4, 0.5) is 15.8 Å². The van der Waals surface area contributed by atoms with Crippen molar-refractivity contribution in [3.63, 3.8) is 0 Å². The Kier molecular flexibility index (Phi) is 6.13. The van der Waals surface area contributed by atoms with E-state index in [9.17, 15) is 9.18 Å². The first kappa shape index (κ1) is 19.0. The molecule has 144 valence electrons. The van der Waals surface area contributed by atoms with Crippen molar-refractivity contribution in [1.29, 1.82) is 0 Å². The number of carbonyl (C=O) groups is 1. The maximum Gasteiger partial charge on any atom is 0.262 e. The van der Waals surface area contributed by atoms with Crippen LogP contribution in [0, 0.1) is 5.82 Å². The number of ether oxygens (including phenoxy) is 2. The molecule has 3 rings (SSSR count). The third-order valence-corrected chi connectivity index (χ3v) is 4.51. The molecule has 1 saturated heterocycles. The zero-order chi connectivity index (χ0) is 19.2. The van der Waals surface area contributed by atoms with Gasteiger partial charge in [-0.15, -0.1) is 0 Å². The number of hydrogen-bond acceptors (Lipinski definition) is 5. The first-order chi connectivity index (χ1) is 13.0. The molecule has 0 saturated carbocycles. The Morgan fingerprint density at radius 3 is 2.48 bits per heavy atom. The molecule has 0 aromatic heterocycles. The summed E-state index contributed by atoms with van der Waals surface area (Å²) in [6.45, 7) is 3.69. The highest BCUT2D eigenvalue weighted by Crippen LogP contribution is 2.30. The molecular weight excluding hydrogens is 349 g/mol. The van der Waals surface area contributed by atoms with Crippen LogP contribution in [0.15, 0.2) is 42.5 Å². The van der Waals surface area contributed by atoms with Crippen molar-refractivity contribution >= 4 is 17.3 Å². The molecule has 1 heterocycles. The van der Waals surface area contributed by atoms with Gasteiger partial charge in [0, 0.05) is 31.9 Å². The average molecular weight is 373 g/mol. The Labute approximate surface area is 158 Å². The van der Waals surface area contributed by atoms with Crippen molar-refractivity contribution in [2.75, 3.05) is 57.2 Å². The lowest BCUT2D eigenvalue weighted by molar-refractivity contribution is -0.118. The van der Waals surface area contributed by atoms with E-state index in [0.29, 0.717) is 17.2 Å². The highest BCUT2D eigenvalue weighted by Gasteiger charge is 2.16. The quantitative estimate of drug-likeness (QED) is 0.844. The lowest BCUT2D eigenvalue weighted by atomic mass is 10.2. The smallest absolute Gasteiger partial charge is 0.262 e. The van der Waals surface area contributed by atoms with Crippen LogP contribution in [-0.4, -0.2) is 57.8 Å². The summed E-state index contributed by atoms with van der Waals surface area (Å²) in [5.41, 5.74) is 1.64. The van der Waals surface area contributed by atoms with Gasteiger partial charge in [-0.1, -0.05) is 0 Å². The number of nitrogens with zero attached hydrogens (tertiary/aromatic N) is 2. The maximum atomic E-state index is 12.9. The molecule has 0 unspecified atom stereocenters.